The minimum atomic E-state index is -0.700. The van der Waals surface area contributed by atoms with E-state index in [0.717, 1.165) is 19.3 Å². The van der Waals surface area contributed by atoms with Gasteiger partial charge in [-0.15, -0.1) is 6.58 Å². The molecule has 1 rings (SSSR count). The minimum Gasteiger partial charge on any atom is -0.481 e. The number of hydrogen-bond acceptors (Lipinski definition) is 1. The average molecular weight is 264 g/mol. The van der Waals surface area contributed by atoms with Crippen LogP contribution in [0.25, 0.3) is 0 Å². The first-order valence-corrected chi connectivity index (χ1v) is 7.13. The molecule has 1 saturated carbocycles. The Morgan fingerprint density at radius 3 is 2.53 bits per heavy atom. The normalized spacial score (nSPS) is 31.8. The van der Waals surface area contributed by atoms with Gasteiger partial charge >= 0.3 is 5.97 Å². The summed E-state index contributed by atoms with van der Waals surface area (Å²) in [6.45, 7) is 16.6. The third-order valence-corrected chi connectivity index (χ3v) is 5.12. The van der Waals surface area contributed by atoms with Crippen LogP contribution < -0.4 is 0 Å². The van der Waals surface area contributed by atoms with Gasteiger partial charge in [-0.25, -0.2) is 0 Å². The summed E-state index contributed by atoms with van der Waals surface area (Å²) < 4.78 is 0. The molecule has 3 unspecified atom stereocenters. The maximum absolute atomic E-state index is 11.0. The van der Waals surface area contributed by atoms with Crippen LogP contribution in [0.3, 0.4) is 0 Å². The van der Waals surface area contributed by atoms with E-state index >= 15 is 0 Å². The fourth-order valence-corrected chi connectivity index (χ4v) is 3.58. The molecular formula is C17H28O2. The molecule has 1 aliphatic carbocycles. The molecule has 3 atom stereocenters. The number of allylic oxidation sites excluding steroid dienone is 2. The van der Waals surface area contributed by atoms with Gasteiger partial charge in [0.2, 0.25) is 0 Å². The van der Waals surface area contributed by atoms with Crippen molar-refractivity contribution in [3.63, 3.8) is 0 Å². The quantitative estimate of drug-likeness (QED) is 0.732. The second-order valence-electron chi connectivity index (χ2n) is 7.14. The fraction of sp³-hybridized carbons (Fsp3) is 0.706. The Labute approximate surface area is 117 Å². The third-order valence-electron chi connectivity index (χ3n) is 5.12. The van der Waals surface area contributed by atoms with E-state index in [9.17, 15) is 4.79 Å². The number of aliphatic carboxylic acids is 1. The fourth-order valence-electron chi connectivity index (χ4n) is 3.58. The Morgan fingerprint density at radius 2 is 2.11 bits per heavy atom. The number of carboxylic acids is 1. The Hall–Kier alpha value is -1.05. The number of hydrogen-bond donors (Lipinski definition) is 1. The van der Waals surface area contributed by atoms with E-state index in [1.165, 1.54) is 5.57 Å². The third kappa shape index (κ3) is 3.49. The van der Waals surface area contributed by atoms with E-state index in [1.54, 1.807) is 0 Å². The highest BCUT2D eigenvalue weighted by molar-refractivity contribution is 5.67. The zero-order chi connectivity index (χ0) is 14.8. The van der Waals surface area contributed by atoms with E-state index < -0.39 is 5.97 Å². The van der Waals surface area contributed by atoms with E-state index in [1.807, 2.05) is 0 Å². The standard InChI is InChI=1S/C17H28O2/c1-7-17(6)9-8-13(10-14(17)12(2)3)16(4,5)11-15(18)19/h7,13-14H,1-2,8-11H2,3-6H3,(H,18,19). The highest BCUT2D eigenvalue weighted by atomic mass is 16.4. The van der Waals surface area contributed by atoms with E-state index in [4.69, 9.17) is 5.11 Å². The van der Waals surface area contributed by atoms with Crippen molar-refractivity contribution >= 4 is 5.97 Å². The van der Waals surface area contributed by atoms with Crippen molar-refractivity contribution in [2.45, 2.75) is 53.4 Å². The molecule has 0 aromatic rings. The topological polar surface area (TPSA) is 37.3 Å². The molecule has 108 valence electrons. The summed E-state index contributed by atoms with van der Waals surface area (Å²) in [5.41, 5.74) is 1.15. The van der Waals surface area contributed by atoms with Crippen LogP contribution in [0.2, 0.25) is 0 Å². The van der Waals surface area contributed by atoms with Gasteiger partial charge in [-0.2, -0.15) is 0 Å². The van der Waals surface area contributed by atoms with Crippen molar-refractivity contribution in [3.8, 4) is 0 Å². The molecule has 0 aliphatic heterocycles. The highest BCUT2D eigenvalue weighted by Crippen LogP contribution is 2.52. The second kappa shape index (κ2) is 5.52. The molecule has 0 amide bonds. The summed E-state index contributed by atoms with van der Waals surface area (Å²) >= 11 is 0. The van der Waals surface area contributed by atoms with Crippen molar-refractivity contribution in [2.75, 3.05) is 0 Å². The first kappa shape index (κ1) is 16.0. The molecule has 2 nitrogen and oxygen atoms in total. The Morgan fingerprint density at radius 1 is 1.53 bits per heavy atom. The van der Waals surface area contributed by atoms with Crippen LogP contribution in [-0.2, 0) is 4.79 Å². The Bertz CT molecular complexity index is 381. The van der Waals surface area contributed by atoms with Gasteiger partial charge < -0.3 is 5.11 Å². The van der Waals surface area contributed by atoms with Crippen molar-refractivity contribution in [2.24, 2.45) is 22.7 Å². The Kier molecular flexibility index (Phi) is 4.65. The number of carbonyl (C=O) groups is 1. The lowest BCUT2D eigenvalue weighted by Gasteiger charge is -2.47. The lowest BCUT2D eigenvalue weighted by Crippen LogP contribution is -2.39. The summed E-state index contributed by atoms with van der Waals surface area (Å²) in [5, 5.41) is 9.07. The lowest BCUT2D eigenvalue weighted by molar-refractivity contribution is -0.140. The molecule has 2 heteroatoms. The SMILES string of the molecule is C=CC1(C)CCC(C(C)(C)CC(=O)O)CC1C(=C)C. The van der Waals surface area contributed by atoms with E-state index in [0.29, 0.717) is 11.8 Å². The lowest BCUT2D eigenvalue weighted by atomic mass is 9.57. The van der Waals surface area contributed by atoms with Crippen LogP contribution >= 0.6 is 0 Å². The van der Waals surface area contributed by atoms with Crippen LogP contribution in [0.5, 0.6) is 0 Å². The first-order valence-electron chi connectivity index (χ1n) is 7.13. The highest BCUT2D eigenvalue weighted by Gasteiger charge is 2.43. The predicted molar refractivity (Wildman–Crippen MR) is 80.0 cm³/mol. The smallest absolute Gasteiger partial charge is 0.303 e. The van der Waals surface area contributed by atoms with Crippen molar-refractivity contribution in [1.82, 2.24) is 0 Å². The molecule has 1 aliphatic rings. The predicted octanol–water partition coefficient (Wildman–Crippen LogP) is 4.67. The van der Waals surface area contributed by atoms with Gasteiger partial charge in [0.15, 0.2) is 0 Å². The van der Waals surface area contributed by atoms with Crippen molar-refractivity contribution < 1.29 is 9.90 Å². The maximum atomic E-state index is 11.0. The first-order chi connectivity index (χ1) is 8.62. The van der Waals surface area contributed by atoms with Gasteiger partial charge in [-0.05, 0) is 48.9 Å². The minimum absolute atomic E-state index is 0.113. The summed E-state index contributed by atoms with van der Waals surface area (Å²) in [4.78, 5) is 11.0. The summed E-state index contributed by atoms with van der Waals surface area (Å²) in [7, 11) is 0. The summed E-state index contributed by atoms with van der Waals surface area (Å²) in [6, 6.07) is 0. The van der Waals surface area contributed by atoms with Gasteiger partial charge in [-0.3, -0.25) is 4.79 Å². The summed E-state index contributed by atoms with van der Waals surface area (Å²) in [5.74, 6) is 0.157. The maximum Gasteiger partial charge on any atom is 0.303 e. The number of carboxylic acid groups (broad SMARTS) is 1. The molecule has 0 spiro atoms. The molecule has 0 saturated heterocycles. The van der Waals surface area contributed by atoms with Gasteiger partial charge in [0.1, 0.15) is 0 Å². The van der Waals surface area contributed by atoms with Crippen LogP contribution in [-0.4, -0.2) is 11.1 Å². The molecule has 0 aromatic heterocycles. The number of rotatable bonds is 5. The zero-order valence-electron chi connectivity index (χ0n) is 12.8. The molecule has 0 radical (unpaired) electrons. The van der Waals surface area contributed by atoms with Crippen LogP contribution in [0.4, 0.5) is 0 Å². The van der Waals surface area contributed by atoms with Crippen LogP contribution in [0, 0.1) is 22.7 Å². The van der Waals surface area contributed by atoms with Gasteiger partial charge in [0.05, 0.1) is 6.42 Å². The average Bonchev–Trinajstić information content (AvgIpc) is 2.27. The second-order valence-corrected chi connectivity index (χ2v) is 7.14. The van der Waals surface area contributed by atoms with E-state index in [-0.39, 0.29) is 17.3 Å². The molecule has 19 heavy (non-hydrogen) atoms. The molecule has 0 aromatic carbocycles. The molecule has 0 bridgehead atoms. The molecule has 1 N–H and O–H groups in total. The van der Waals surface area contributed by atoms with Crippen LogP contribution in [0.1, 0.15) is 53.4 Å². The van der Waals surface area contributed by atoms with Crippen LogP contribution in [0.15, 0.2) is 24.8 Å². The van der Waals surface area contributed by atoms with Gasteiger partial charge in [0.25, 0.3) is 0 Å². The summed E-state index contributed by atoms with van der Waals surface area (Å²) in [6.07, 6.45) is 5.48. The largest absolute Gasteiger partial charge is 0.481 e. The van der Waals surface area contributed by atoms with Gasteiger partial charge in [0, 0.05) is 0 Å². The van der Waals surface area contributed by atoms with Crippen molar-refractivity contribution in [3.05, 3.63) is 24.8 Å². The van der Waals surface area contributed by atoms with E-state index in [2.05, 4.69) is 46.9 Å². The monoisotopic (exact) mass is 264 g/mol. The molecular weight excluding hydrogens is 236 g/mol. The zero-order valence-corrected chi connectivity index (χ0v) is 12.8. The molecule has 0 heterocycles. The van der Waals surface area contributed by atoms with Gasteiger partial charge in [-0.1, -0.05) is 39.0 Å². The van der Waals surface area contributed by atoms with Crippen molar-refractivity contribution in [1.29, 1.82) is 0 Å². The molecule has 1 fully saturated rings. The Balaban J connectivity index is 2.91.